The Morgan fingerprint density at radius 3 is 2.56 bits per heavy atom. The monoisotopic (exact) mass is 360 g/mol. The van der Waals surface area contributed by atoms with Crippen molar-refractivity contribution in [3.05, 3.63) is 65.9 Å². The van der Waals surface area contributed by atoms with Gasteiger partial charge >= 0.3 is 0 Å². The van der Waals surface area contributed by atoms with E-state index in [4.69, 9.17) is 0 Å². The smallest absolute Gasteiger partial charge is 0.249 e. The van der Waals surface area contributed by atoms with E-state index in [2.05, 4.69) is 74.0 Å². The number of aromatic nitrogens is 3. The fourth-order valence-electron chi connectivity index (χ4n) is 3.30. The summed E-state index contributed by atoms with van der Waals surface area (Å²) in [6.45, 7) is 5.10. The summed E-state index contributed by atoms with van der Waals surface area (Å²) in [6, 6.07) is 16.7. The van der Waals surface area contributed by atoms with Crippen LogP contribution in [-0.2, 0) is 6.54 Å². The summed E-state index contributed by atoms with van der Waals surface area (Å²) in [5.74, 6) is 1.18. The molecule has 0 amide bonds. The van der Waals surface area contributed by atoms with Crippen LogP contribution < -0.4 is 15.5 Å². The van der Waals surface area contributed by atoms with E-state index >= 15 is 0 Å². The molecular weight excluding hydrogens is 336 g/mol. The van der Waals surface area contributed by atoms with Gasteiger partial charge in [-0.15, -0.1) is 5.10 Å². The molecule has 6 nitrogen and oxygen atoms in total. The van der Waals surface area contributed by atoms with Gasteiger partial charge in [0.1, 0.15) is 0 Å². The first-order chi connectivity index (χ1) is 13.3. The van der Waals surface area contributed by atoms with Gasteiger partial charge in [-0.2, -0.15) is 10.1 Å². The molecule has 1 saturated heterocycles. The fourth-order valence-corrected chi connectivity index (χ4v) is 3.30. The summed E-state index contributed by atoms with van der Waals surface area (Å²) >= 11 is 0. The summed E-state index contributed by atoms with van der Waals surface area (Å²) in [6.07, 6.45) is 4.20. The van der Waals surface area contributed by atoms with Gasteiger partial charge in [0.15, 0.2) is 5.82 Å². The Labute approximate surface area is 159 Å². The Bertz CT molecular complexity index is 887. The minimum absolute atomic E-state index is 0.485. The van der Waals surface area contributed by atoms with Crippen molar-refractivity contribution in [3.8, 4) is 0 Å². The molecule has 0 aliphatic carbocycles. The van der Waals surface area contributed by atoms with E-state index in [1.807, 2.05) is 12.1 Å². The molecule has 0 saturated carbocycles. The van der Waals surface area contributed by atoms with Gasteiger partial charge in [-0.1, -0.05) is 24.3 Å². The van der Waals surface area contributed by atoms with Crippen molar-refractivity contribution in [1.82, 2.24) is 15.2 Å². The quantitative estimate of drug-likeness (QED) is 0.689. The van der Waals surface area contributed by atoms with Crippen LogP contribution in [0.1, 0.15) is 24.0 Å². The Morgan fingerprint density at radius 1 is 1.00 bits per heavy atom. The van der Waals surface area contributed by atoms with Crippen molar-refractivity contribution in [2.75, 3.05) is 28.6 Å². The van der Waals surface area contributed by atoms with Gasteiger partial charge in [0.25, 0.3) is 0 Å². The van der Waals surface area contributed by atoms with Crippen LogP contribution in [0.3, 0.4) is 0 Å². The molecule has 0 atom stereocenters. The molecular formula is C21H24N6. The second kappa shape index (κ2) is 8.03. The highest BCUT2D eigenvalue weighted by Gasteiger charge is 2.12. The van der Waals surface area contributed by atoms with Crippen molar-refractivity contribution in [2.45, 2.75) is 26.3 Å². The highest BCUT2D eigenvalue weighted by atomic mass is 15.3. The lowest BCUT2D eigenvalue weighted by molar-refractivity contribution is 0.949. The van der Waals surface area contributed by atoms with Crippen molar-refractivity contribution in [1.29, 1.82) is 0 Å². The van der Waals surface area contributed by atoms with Gasteiger partial charge in [-0.3, -0.25) is 0 Å². The molecule has 1 aromatic heterocycles. The van der Waals surface area contributed by atoms with E-state index in [-0.39, 0.29) is 0 Å². The van der Waals surface area contributed by atoms with Crippen LogP contribution in [0.5, 0.6) is 0 Å². The van der Waals surface area contributed by atoms with E-state index < -0.39 is 0 Å². The Morgan fingerprint density at radius 2 is 1.78 bits per heavy atom. The molecule has 2 N–H and O–H groups in total. The molecule has 3 aromatic rings. The van der Waals surface area contributed by atoms with Crippen molar-refractivity contribution in [3.63, 3.8) is 0 Å². The van der Waals surface area contributed by atoms with E-state index in [1.165, 1.54) is 29.7 Å². The lowest BCUT2D eigenvalue weighted by Crippen LogP contribution is -2.17. The van der Waals surface area contributed by atoms with Crippen LogP contribution in [0.2, 0.25) is 0 Å². The number of rotatable bonds is 6. The normalized spacial score (nSPS) is 13.6. The largest absolute Gasteiger partial charge is 0.372 e. The average Bonchev–Trinajstić information content (AvgIpc) is 3.23. The molecule has 1 fully saturated rings. The summed E-state index contributed by atoms with van der Waals surface area (Å²) < 4.78 is 0. The predicted molar refractivity (Wildman–Crippen MR) is 110 cm³/mol. The standard InChI is InChI=1S/C21H24N6/c1-16-6-2-3-7-17(16)14-22-20-15-23-26-21(25-20)24-18-8-10-19(11-9-18)27-12-4-5-13-27/h2-3,6-11,15H,4-5,12-14H2,1H3,(H2,22,24,25,26). The van der Waals surface area contributed by atoms with Crippen LogP contribution in [0, 0.1) is 6.92 Å². The van der Waals surface area contributed by atoms with E-state index in [1.54, 1.807) is 6.20 Å². The first kappa shape index (κ1) is 17.3. The second-order valence-corrected chi connectivity index (χ2v) is 6.81. The third-order valence-corrected chi connectivity index (χ3v) is 4.87. The second-order valence-electron chi connectivity index (χ2n) is 6.81. The zero-order chi connectivity index (χ0) is 18.5. The van der Waals surface area contributed by atoms with Crippen LogP contribution in [-0.4, -0.2) is 28.3 Å². The Balaban J connectivity index is 1.39. The van der Waals surface area contributed by atoms with E-state index in [9.17, 15) is 0 Å². The summed E-state index contributed by atoms with van der Waals surface area (Å²) in [5.41, 5.74) is 4.72. The molecule has 6 heteroatoms. The minimum atomic E-state index is 0.485. The van der Waals surface area contributed by atoms with Gasteiger partial charge in [0.05, 0.1) is 6.20 Å². The molecule has 1 aliphatic rings. The summed E-state index contributed by atoms with van der Waals surface area (Å²) in [4.78, 5) is 6.92. The molecule has 138 valence electrons. The molecule has 1 aliphatic heterocycles. The van der Waals surface area contributed by atoms with Gasteiger partial charge < -0.3 is 15.5 Å². The third kappa shape index (κ3) is 4.34. The molecule has 27 heavy (non-hydrogen) atoms. The molecule has 0 radical (unpaired) electrons. The summed E-state index contributed by atoms with van der Waals surface area (Å²) in [5, 5.41) is 14.7. The van der Waals surface area contributed by atoms with Crippen LogP contribution >= 0.6 is 0 Å². The highest BCUT2D eigenvalue weighted by molar-refractivity contribution is 5.60. The molecule has 2 heterocycles. The molecule has 0 unspecified atom stereocenters. The Hall–Kier alpha value is -3.15. The number of nitrogens with one attached hydrogen (secondary N) is 2. The number of benzene rings is 2. The van der Waals surface area contributed by atoms with Crippen LogP contribution in [0.15, 0.2) is 54.7 Å². The predicted octanol–water partition coefficient (Wildman–Crippen LogP) is 4.14. The minimum Gasteiger partial charge on any atom is -0.372 e. The van der Waals surface area contributed by atoms with Crippen LogP contribution in [0.4, 0.5) is 23.1 Å². The molecule has 0 spiro atoms. The number of aryl methyl sites for hydroxylation is 1. The number of hydrogen-bond donors (Lipinski definition) is 2. The van der Waals surface area contributed by atoms with E-state index in [0.29, 0.717) is 18.3 Å². The van der Waals surface area contributed by atoms with Crippen LogP contribution in [0.25, 0.3) is 0 Å². The molecule has 4 rings (SSSR count). The van der Waals surface area contributed by atoms with Gasteiger partial charge in [0, 0.05) is 31.0 Å². The first-order valence-corrected chi connectivity index (χ1v) is 9.38. The van der Waals surface area contributed by atoms with Gasteiger partial charge in [-0.25, -0.2) is 0 Å². The Kier molecular flexibility index (Phi) is 5.14. The SMILES string of the molecule is Cc1ccccc1CNc1cnnc(Nc2ccc(N3CCCC3)cc2)n1. The maximum absolute atomic E-state index is 4.51. The maximum Gasteiger partial charge on any atom is 0.249 e. The lowest BCUT2D eigenvalue weighted by atomic mass is 10.1. The number of hydrogen-bond acceptors (Lipinski definition) is 6. The molecule has 0 bridgehead atoms. The maximum atomic E-state index is 4.51. The number of anilines is 4. The molecule has 2 aromatic carbocycles. The zero-order valence-corrected chi connectivity index (χ0v) is 15.5. The highest BCUT2D eigenvalue weighted by Crippen LogP contribution is 2.23. The lowest BCUT2D eigenvalue weighted by Gasteiger charge is -2.17. The van der Waals surface area contributed by atoms with E-state index in [0.717, 1.165) is 18.8 Å². The topological polar surface area (TPSA) is 66.0 Å². The zero-order valence-electron chi connectivity index (χ0n) is 15.5. The fraction of sp³-hybridized carbons (Fsp3) is 0.286. The van der Waals surface area contributed by atoms with Crippen molar-refractivity contribution in [2.24, 2.45) is 0 Å². The third-order valence-electron chi connectivity index (χ3n) is 4.87. The van der Waals surface area contributed by atoms with Gasteiger partial charge in [-0.05, 0) is 55.2 Å². The van der Waals surface area contributed by atoms with Crippen molar-refractivity contribution >= 4 is 23.1 Å². The number of nitrogens with zero attached hydrogens (tertiary/aromatic N) is 4. The van der Waals surface area contributed by atoms with Crippen molar-refractivity contribution < 1.29 is 0 Å². The summed E-state index contributed by atoms with van der Waals surface area (Å²) in [7, 11) is 0. The van der Waals surface area contributed by atoms with Gasteiger partial charge in [0.2, 0.25) is 5.95 Å². The first-order valence-electron chi connectivity index (χ1n) is 9.38. The average molecular weight is 360 g/mol.